The molecule has 1 unspecified atom stereocenters. The first kappa shape index (κ1) is 11.5. The molecule has 2 nitrogen and oxygen atoms in total. The molecular weight excluding hydrogens is 246 g/mol. The van der Waals surface area contributed by atoms with E-state index in [1.807, 2.05) is 30.3 Å². The molecule has 1 heterocycles. The summed E-state index contributed by atoms with van der Waals surface area (Å²) in [5.74, 6) is 0.438. The van der Waals surface area contributed by atoms with Gasteiger partial charge in [0, 0.05) is 23.2 Å². The maximum atomic E-state index is 11.9. The van der Waals surface area contributed by atoms with Crippen LogP contribution in [0.25, 0.3) is 22.2 Å². The van der Waals surface area contributed by atoms with E-state index >= 15 is 0 Å². The third-order valence-corrected chi connectivity index (χ3v) is 4.23. The number of rotatable bonds is 2. The molecule has 98 valence electrons. The third-order valence-electron chi connectivity index (χ3n) is 4.23. The molecule has 4 rings (SSSR count). The van der Waals surface area contributed by atoms with Crippen molar-refractivity contribution in [3.63, 3.8) is 0 Å². The summed E-state index contributed by atoms with van der Waals surface area (Å²) in [5, 5.41) is 1.18. The first-order valence-corrected chi connectivity index (χ1v) is 7.03. The topological polar surface area (TPSA) is 32.9 Å². The second kappa shape index (κ2) is 4.34. The van der Waals surface area contributed by atoms with Gasteiger partial charge in [-0.25, -0.2) is 0 Å². The van der Waals surface area contributed by atoms with Gasteiger partial charge in [0.05, 0.1) is 5.69 Å². The lowest BCUT2D eigenvalue weighted by Gasteiger charge is -2.25. The molecule has 1 atom stereocenters. The van der Waals surface area contributed by atoms with Crippen molar-refractivity contribution < 1.29 is 4.79 Å². The fraction of sp³-hybridized carbons (Fsp3) is 0.167. The van der Waals surface area contributed by atoms with Gasteiger partial charge in [-0.1, -0.05) is 48.5 Å². The zero-order valence-corrected chi connectivity index (χ0v) is 11.1. The van der Waals surface area contributed by atoms with E-state index in [1.54, 1.807) is 0 Å². The van der Waals surface area contributed by atoms with Crippen molar-refractivity contribution in [2.45, 2.75) is 18.8 Å². The van der Waals surface area contributed by atoms with Crippen molar-refractivity contribution in [3.05, 3.63) is 60.2 Å². The molecule has 0 aliphatic heterocycles. The minimum Gasteiger partial charge on any atom is -0.354 e. The molecule has 1 aromatic heterocycles. The fourth-order valence-electron chi connectivity index (χ4n) is 3.07. The molecular formula is C18H15NO. The Kier molecular flexibility index (Phi) is 2.49. The molecule has 0 amide bonds. The summed E-state index contributed by atoms with van der Waals surface area (Å²) in [5.41, 5.74) is 4.55. The van der Waals surface area contributed by atoms with Crippen molar-refractivity contribution in [2.24, 2.45) is 0 Å². The van der Waals surface area contributed by atoms with Crippen LogP contribution in [0.3, 0.4) is 0 Å². The van der Waals surface area contributed by atoms with E-state index < -0.39 is 0 Å². The van der Waals surface area contributed by atoms with E-state index in [0.717, 1.165) is 29.6 Å². The molecule has 2 heteroatoms. The van der Waals surface area contributed by atoms with Crippen molar-refractivity contribution in [3.8, 4) is 11.3 Å². The lowest BCUT2D eigenvalue weighted by atomic mass is 9.77. The molecule has 1 N–H and O–H groups in total. The minimum absolute atomic E-state index is 0.0707. The van der Waals surface area contributed by atoms with Crippen molar-refractivity contribution in [1.29, 1.82) is 0 Å². The summed E-state index contributed by atoms with van der Waals surface area (Å²) in [6.45, 7) is 0. The highest BCUT2D eigenvalue weighted by atomic mass is 16.1. The van der Waals surface area contributed by atoms with Gasteiger partial charge in [-0.2, -0.15) is 0 Å². The van der Waals surface area contributed by atoms with Crippen LogP contribution in [0.4, 0.5) is 0 Å². The highest BCUT2D eigenvalue weighted by Gasteiger charge is 2.33. The monoisotopic (exact) mass is 261 g/mol. The number of para-hydroxylation sites is 1. The lowest BCUT2D eigenvalue weighted by molar-refractivity contribution is -0.125. The lowest BCUT2D eigenvalue weighted by Crippen LogP contribution is -2.23. The predicted molar refractivity (Wildman–Crippen MR) is 80.7 cm³/mol. The Bertz CT molecular complexity index is 786. The Morgan fingerprint density at radius 1 is 0.950 bits per heavy atom. The van der Waals surface area contributed by atoms with Gasteiger partial charge in [0.2, 0.25) is 0 Å². The first-order chi connectivity index (χ1) is 9.84. The molecule has 0 saturated heterocycles. The average molecular weight is 261 g/mol. The number of carbonyl (C=O) groups excluding carboxylic acids is 1. The quantitative estimate of drug-likeness (QED) is 0.733. The Hall–Kier alpha value is -2.35. The van der Waals surface area contributed by atoms with E-state index in [4.69, 9.17) is 0 Å². The predicted octanol–water partition coefficient (Wildman–Crippen LogP) is 4.28. The molecule has 0 radical (unpaired) electrons. The number of hydrogen-bond acceptors (Lipinski definition) is 1. The summed E-state index contributed by atoms with van der Waals surface area (Å²) >= 11 is 0. The van der Waals surface area contributed by atoms with E-state index in [2.05, 4.69) is 29.2 Å². The van der Waals surface area contributed by atoms with Gasteiger partial charge in [-0.3, -0.25) is 4.79 Å². The molecule has 20 heavy (non-hydrogen) atoms. The number of benzene rings is 2. The Morgan fingerprint density at radius 2 is 1.70 bits per heavy atom. The molecule has 2 aromatic carbocycles. The molecule has 3 aromatic rings. The number of H-pyrrole nitrogens is 1. The van der Waals surface area contributed by atoms with Crippen LogP contribution in [0, 0.1) is 0 Å². The normalized spacial score (nSPS) is 18.2. The van der Waals surface area contributed by atoms with Crippen molar-refractivity contribution in [2.75, 3.05) is 0 Å². The average Bonchev–Trinajstić information content (AvgIpc) is 2.86. The van der Waals surface area contributed by atoms with Crippen LogP contribution in [-0.2, 0) is 4.79 Å². The maximum absolute atomic E-state index is 11.9. The van der Waals surface area contributed by atoms with Crippen LogP contribution < -0.4 is 0 Å². The number of aromatic amines is 1. The van der Waals surface area contributed by atoms with Gasteiger partial charge in [-0.05, 0) is 23.6 Å². The first-order valence-electron chi connectivity index (χ1n) is 7.03. The fourth-order valence-corrected chi connectivity index (χ4v) is 3.07. The van der Waals surface area contributed by atoms with Crippen LogP contribution >= 0.6 is 0 Å². The van der Waals surface area contributed by atoms with Crippen LogP contribution in [0.2, 0.25) is 0 Å². The second-order valence-electron chi connectivity index (χ2n) is 5.38. The van der Waals surface area contributed by atoms with E-state index in [-0.39, 0.29) is 5.92 Å². The van der Waals surface area contributed by atoms with Gasteiger partial charge in [0.25, 0.3) is 0 Å². The number of nitrogens with one attached hydrogen (secondary N) is 1. The number of hydrogen-bond donors (Lipinski definition) is 1. The van der Waals surface area contributed by atoms with Gasteiger partial charge in [0.15, 0.2) is 0 Å². The minimum atomic E-state index is 0.0707. The summed E-state index contributed by atoms with van der Waals surface area (Å²) in [6, 6.07) is 18.5. The summed E-state index contributed by atoms with van der Waals surface area (Å²) < 4.78 is 0. The largest absolute Gasteiger partial charge is 0.354 e. The van der Waals surface area contributed by atoms with Gasteiger partial charge < -0.3 is 4.98 Å². The zero-order valence-electron chi connectivity index (χ0n) is 11.1. The van der Waals surface area contributed by atoms with Gasteiger partial charge in [-0.15, -0.1) is 0 Å². The van der Waals surface area contributed by atoms with E-state index in [9.17, 15) is 4.79 Å². The highest BCUT2D eigenvalue weighted by molar-refractivity contribution is 6.00. The number of carbonyl (C=O) groups is 1. The molecule has 1 fully saturated rings. The number of Topliss-reactive ketones (excluding diaryl/α,β-unsaturated/α-hetero) is 1. The maximum Gasteiger partial charge on any atom is 0.140 e. The summed E-state index contributed by atoms with van der Waals surface area (Å²) in [4.78, 5) is 15.4. The Balaban J connectivity index is 2.00. The third kappa shape index (κ3) is 1.61. The molecule has 0 bridgehead atoms. The molecule has 1 aliphatic carbocycles. The van der Waals surface area contributed by atoms with Crippen LogP contribution in [0.1, 0.15) is 24.3 Å². The summed E-state index contributed by atoms with van der Waals surface area (Å²) in [7, 11) is 0. The number of aromatic nitrogens is 1. The van der Waals surface area contributed by atoms with Crippen molar-refractivity contribution in [1.82, 2.24) is 4.98 Å². The Morgan fingerprint density at radius 3 is 2.40 bits per heavy atom. The Labute approximate surface area is 117 Å². The van der Waals surface area contributed by atoms with E-state index in [1.165, 1.54) is 10.9 Å². The zero-order chi connectivity index (χ0) is 13.5. The highest BCUT2D eigenvalue weighted by Crippen LogP contribution is 2.42. The van der Waals surface area contributed by atoms with Crippen LogP contribution in [0.5, 0.6) is 0 Å². The number of ketones is 1. The standard InChI is InChI=1S/C18H15NO/c20-16-11-10-14(16)17-13-8-4-5-9-15(13)19-18(17)12-6-2-1-3-7-12/h1-9,14,19H,10-11H2. The summed E-state index contributed by atoms with van der Waals surface area (Å²) in [6.07, 6.45) is 1.69. The van der Waals surface area contributed by atoms with Gasteiger partial charge in [0.1, 0.15) is 5.78 Å². The van der Waals surface area contributed by atoms with Gasteiger partial charge >= 0.3 is 0 Å². The van der Waals surface area contributed by atoms with Crippen molar-refractivity contribution >= 4 is 16.7 Å². The van der Waals surface area contributed by atoms with E-state index in [0.29, 0.717) is 5.78 Å². The van der Waals surface area contributed by atoms with Crippen LogP contribution in [-0.4, -0.2) is 10.8 Å². The molecule has 1 saturated carbocycles. The van der Waals surface area contributed by atoms with Crippen LogP contribution in [0.15, 0.2) is 54.6 Å². The SMILES string of the molecule is O=C1CCC1c1c(-c2ccccc2)[nH]c2ccccc12. The smallest absolute Gasteiger partial charge is 0.140 e. The number of fused-ring (bicyclic) bond motifs is 1. The molecule has 1 aliphatic rings. The molecule has 0 spiro atoms. The second-order valence-corrected chi connectivity index (χ2v) is 5.38.